The number of hydrogen-bond acceptors (Lipinski definition) is 6. The van der Waals surface area contributed by atoms with Crippen molar-refractivity contribution < 1.29 is 0 Å². The Bertz CT molecular complexity index is 1560. The lowest BCUT2D eigenvalue weighted by atomic mass is 9.98. The Morgan fingerprint density at radius 2 is 1.66 bits per heavy atom. The molecule has 0 saturated carbocycles. The first-order valence-electron chi connectivity index (χ1n) is 10.0. The van der Waals surface area contributed by atoms with Crippen LogP contribution in [-0.2, 0) is 20.6 Å². The van der Waals surface area contributed by atoms with Gasteiger partial charge in [0.2, 0.25) is 5.82 Å². The lowest BCUT2D eigenvalue weighted by Crippen LogP contribution is -2.37. The van der Waals surface area contributed by atoms with Crippen molar-refractivity contribution in [2.75, 3.05) is 0 Å². The Morgan fingerprint density at radius 3 is 2.34 bits per heavy atom. The van der Waals surface area contributed by atoms with Crippen molar-refractivity contribution in [2.24, 2.45) is 14.1 Å². The second kappa shape index (κ2) is 7.41. The number of imidazole rings is 1. The number of nitrogens with zero attached hydrogens (tertiary/aromatic N) is 7. The monoisotopic (exact) mass is 428 g/mol. The van der Waals surface area contributed by atoms with Crippen molar-refractivity contribution in [2.45, 2.75) is 13.5 Å². The normalized spacial score (nSPS) is 11.3. The number of aryl methyl sites for hydroxylation is 2. The Kier molecular flexibility index (Phi) is 4.54. The molecule has 0 unspecified atom stereocenters. The van der Waals surface area contributed by atoms with E-state index in [2.05, 4.69) is 25.6 Å². The van der Waals surface area contributed by atoms with E-state index >= 15 is 0 Å². The molecule has 32 heavy (non-hydrogen) atoms. The zero-order valence-corrected chi connectivity index (χ0v) is 17.8. The third-order valence-corrected chi connectivity index (χ3v) is 5.66. The molecule has 0 amide bonds. The molecule has 3 heterocycles. The average molecular weight is 428 g/mol. The van der Waals surface area contributed by atoms with E-state index in [-0.39, 0.29) is 5.56 Å². The van der Waals surface area contributed by atoms with Gasteiger partial charge in [0.25, 0.3) is 5.56 Å². The summed E-state index contributed by atoms with van der Waals surface area (Å²) in [6.07, 6.45) is 0. The van der Waals surface area contributed by atoms with E-state index in [1.165, 1.54) is 11.6 Å². The van der Waals surface area contributed by atoms with Gasteiger partial charge in [-0.1, -0.05) is 48.5 Å². The molecule has 0 radical (unpaired) electrons. The SMILES string of the molecule is Cc1nc2c(c(=O)n(C)c(=O)n2C)n1Cc1ccc(-c2ccccc2-c2nn[nH]n2)cc1. The largest absolute Gasteiger partial charge is 0.332 e. The maximum atomic E-state index is 12.8. The highest BCUT2D eigenvalue weighted by molar-refractivity contribution is 5.80. The molecule has 0 aliphatic rings. The molecule has 10 heteroatoms. The van der Waals surface area contributed by atoms with Gasteiger partial charge in [-0.2, -0.15) is 5.21 Å². The zero-order valence-electron chi connectivity index (χ0n) is 17.8. The molecule has 0 bridgehead atoms. The minimum atomic E-state index is -0.392. The highest BCUT2D eigenvalue weighted by Crippen LogP contribution is 2.30. The molecule has 0 aliphatic carbocycles. The van der Waals surface area contributed by atoms with Crippen LogP contribution in [0.1, 0.15) is 11.4 Å². The molecule has 3 aromatic heterocycles. The second-order valence-corrected chi connectivity index (χ2v) is 7.60. The number of H-pyrrole nitrogens is 1. The third-order valence-electron chi connectivity index (χ3n) is 5.66. The summed E-state index contributed by atoms with van der Waals surface area (Å²) in [4.78, 5) is 29.5. The number of tetrazole rings is 1. The third kappa shape index (κ3) is 3.04. The van der Waals surface area contributed by atoms with E-state index in [1.807, 2.05) is 60.0 Å². The fraction of sp³-hybridized carbons (Fsp3) is 0.182. The lowest BCUT2D eigenvalue weighted by molar-refractivity contribution is 0.701. The number of benzene rings is 2. The Labute approximate surface area is 181 Å². The van der Waals surface area contributed by atoms with E-state index in [9.17, 15) is 9.59 Å². The summed E-state index contributed by atoms with van der Waals surface area (Å²) in [5, 5.41) is 14.3. The second-order valence-electron chi connectivity index (χ2n) is 7.60. The van der Waals surface area contributed by atoms with Crippen molar-refractivity contribution >= 4 is 11.2 Å². The van der Waals surface area contributed by atoms with Crippen LogP contribution >= 0.6 is 0 Å². The summed E-state index contributed by atoms with van der Waals surface area (Å²) in [6.45, 7) is 2.29. The summed E-state index contributed by atoms with van der Waals surface area (Å²) in [6, 6.07) is 15.9. The number of hydrogen-bond donors (Lipinski definition) is 1. The van der Waals surface area contributed by atoms with Gasteiger partial charge in [0.15, 0.2) is 11.2 Å². The predicted octanol–water partition coefficient (Wildman–Crippen LogP) is 1.64. The van der Waals surface area contributed by atoms with Crippen molar-refractivity contribution in [1.82, 2.24) is 39.3 Å². The highest BCUT2D eigenvalue weighted by Gasteiger charge is 2.17. The Hall–Kier alpha value is -4.34. The molecule has 0 atom stereocenters. The minimum Gasteiger partial charge on any atom is -0.318 e. The van der Waals surface area contributed by atoms with Crippen LogP contribution in [0.5, 0.6) is 0 Å². The van der Waals surface area contributed by atoms with Gasteiger partial charge in [-0.15, -0.1) is 10.2 Å². The van der Waals surface area contributed by atoms with E-state index in [0.717, 1.165) is 26.8 Å². The molecule has 160 valence electrons. The van der Waals surface area contributed by atoms with Gasteiger partial charge in [-0.05, 0) is 28.8 Å². The fourth-order valence-corrected chi connectivity index (χ4v) is 3.93. The van der Waals surface area contributed by atoms with Crippen LogP contribution in [0.2, 0.25) is 0 Å². The van der Waals surface area contributed by atoms with Crippen LogP contribution < -0.4 is 11.2 Å². The maximum absolute atomic E-state index is 12.8. The summed E-state index contributed by atoms with van der Waals surface area (Å²) in [5.74, 6) is 1.21. The summed E-state index contributed by atoms with van der Waals surface area (Å²) in [7, 11) is 3.10. The van der Waals surface area contributed by atoms with Gasteiger partial charge in [0.05, 0.1) is 0 Å². The van der Waals surface area contributed by atoms with Gasteiger partial charge in [0, 0.05) is 26.2 Å². The standard InChI is InChI=1S/C22H20N8O2/c1-13-23-20-18(21(31)29(3)22(32)28(20)2)30(13)12-14-8-10-15(11-9-14)16-6-4-5-7-17(16)19-24-26-27-25-19/h4-11H,12H2,1-3H3,(H,24,25,26,27). The van der Waals surface area contributed by atoms with Crippen molar-refractivity contribution in [1.29, 1.82) is 0 Å². The predicted molar refractivity (Wildman–Crippen MR) is 119 cm³/mol. The average Bonchev–Trinajstić information content (AvgIpc) is 3.46. The summed E-state index contributed by atoms with van der Waals surface area (Å²) in [5.41, 5.74) is 3.96. The maximum Gasteiger partial charge on any atom is 0.332 e. The molecular weight excluding hydrogens is 408 g/mol. The zero-order chi connectivity index (χ0) is 22.4. The summed E-state index contributed by atoms with van der Waals surface area (Å²) < 4.78 is 4.36. The van der Waals surface area contributed by atoms with Crippen LogP contribution in [0.25, 0.3) is 33.7 Å². The first-order chi connectivity index (χ1) is 15.5. The number of aromatic amines is 1. The molecule has 0 spiro atoms. The number of rotatable bonds is 4. The number of fused-ring (bicyclic) bond motifs is 1. The molecule has 0 fully saturated rings. The van der Waals surface area contributed by atoms with Gasteiger partial charge in [-0.25, -0.2) is 9.78 Å². The van der Waals surface area contributed by atoms with E-state index < -0.39 is 5.69 Å². The molecule has 5 aromatic rings. The van der Waals surface area contributed by atoms with Gasteiger partial charge in [-0.3, -0.25) is 13.9 Å². The smallest absolute Gasteiger partial charge is 0.318 e. The van der Waals surface area contributed by atoms with Crippen LogP contribution in [0, 0.1) is 6.92 Å². The first kappa shape index (κ1) is 19.6. The van der Waals surface area contributed by atoms with Gasteiger partial charge in [0.1, 0.15) is 5.82 Å². The van der Waals surface area contributed by atoms with E-state index in [4.69, 9.17) is 0 Å². The fourth-order valence-electron chi connectivity index (χ4n) is 3.93. The van der Waals surface area contributed by atoms with Crippen LogP contribution in [0.3, 0.4) is 0 Å². The van der Waals surface area contributed by atoms with Crippen molar-refractivity contribution in [3.63, 3.8) is 0 Å². The topological polar surface area (TPSA) is 116 Å². The minimum absolute atomic E-state index is 0.352. The molecule has 1 N–H and O–H groups in total. The molecule has 0 aliphatic heterocycles. The first-order valence-corrected chi connectivity index (χ1v) is 10.0. The van der Waals surface area contributed by atoms with E-state index in [0.29, 0.717) is 29.4 Å². The van der Waals surface area contributed by atoms with E-state index in [1.54, 1.807) is 7.05 Å². The van der Waals surface area contributed by atoms with Crippen molar-refractivity contribution in [3.05, 3.63) is 80.8 Å². The number of aromatic nitrogens is 8. The lowest BCUT2D eigenvalue weighted by Gasteiger charge is -2.10. The highest BCUT2D eigenvalue weighted by atomic mass is 16.2. The van der Waals surface area contributed by atoms with Crippen LogP contribution in [0.4, 0.5) is 0 Å². The van der Waals surface area contributed by atoms with Crippen LogP contribution in [-0.4, -0.2) is 39.3 Å². The Balaban J connectivity index is 1.54. The molecular formula is C22H20N8O2. The quantitative estimate of drug-likeness (QED) is 0.465. The molecule has 5 rings (SSSR count). The van der Waals surface area contributed by atoms with Gasteiger partial charge >= 0.3 is 5.69 Å². The van der Waals surface area contributed by atoms with Gasteiger partial charge < -0.3 is 4.57 Å². The molecule has 10 nitrogen and oxygen atoms in total. The summed E-state index contributed by atoms with van der Waals surface area (Å²) >= 11 is 0. The van der Waals surface area contributed by atoms with Crippen LogP contribution in [0.15, 0.2) is 58.1 Å². The number of nitrogens with one attached hydrogen (secondary N) is 1. The molecule has 2 aromatic carbocycles. The molecule has 0 saturated heterocycles. The van der Waals surface area contributed by atoms with Crippen molar-refractivity contribution in [3.8, 4) is 22.5 Å². The Morgan fingerprint density at radius 1 is 0.938 bits per heavy atom.